The Morgan fingerprint density at radius 2 is 2.14 bits per heavy atom. The summed E-state index contributed by atoms with van der Waals surface area (Å²) in [5.74, 6) is 0.991. The molecule has 1 fully saturated rings. The summed E-state index contributed by atoms with van der Waals surface area (Å²) in [6.45, 7) is 4.55. The van der Waals surface area contributed by atoms with Crippen LogP contribution >= 0.6 is 11.3 Å². The van der Waals surface area contributed by atoms with E-state index in [1.807, 2.05) is 17.5 Å². The third kappa shape index (κ3) is 5.00. The van der Waals surface area contributed by atoms with Gasteiger partial charge in [-0.05, 0) is 51.0 Å². The van der Waals surface area contributed by atoms with E-state index < -0.39 is 0 Å². The molecule has 1 saturated carbocycles. The van der Waals surface area contributed by atoms with Crippen molar-refractivity contribution >= 4 is 28.9 Å². The van der Waals surface area contributed by atoms with Crippen LogP contribution in [0.4, 0.5) is 11.5 Å². The standard InChI is InChI=1S/C24H34N4S/c1-3-5-6-10-17(4-2)26-21-15-23(27-18-11-9-12-18)25-16-19(21)24-28-20-13-7-8-14-22(20)29-24/h7,13,15-18H,3-6,8-12,14H2,1-2H3,(H2,25,26,27). The van der Waals surface area contributed by atoms with Gasteiger partial charge < -0.3 is 10.6 Å². The Morgan fingerprint density at radius 1 is 1.24 bits per heavy atom. The maximum Gasteiger partial charge on any atom is 0.128 e. The van der Waals surface area contributed by atoms with E-state index in [1.54, 1.807) is 0 Å². The van der Waals surface area contributed by atoms with Gasteiger partial charge in [0.25, 0.3) is 0 Å². The molecule has 2 aromatic rings. The van der Waals surface area contributed by atoms with Gasteiger partial charge in [0.2, 0.25) is 0 Å². The number of hydrogen-bond donors (Lipinski definition) is 2. The van der Waals surface area contributed by atoms with Crippen LogP contribution in [0.25, 0.3) is 16.6 Å². The highest BCUT2D eigenvalue weighted by Crippen LogP contribution is 2.37. The van der Waals surface area contributed by atoms with Gasteiger partial charge in [-0.2, -0.15) is 0 Å². The molecule has 2 heterocycles. The van der Waals surface area contributed by atoms with Crippen molar-refractivity contribution in [1.82, 2.24) is 9.97 Å². The normalized spacial score (nSPS) is 16.9. The molecule has 29 heavy (non-hydrogen) atoms. The van der Waals surface area contributed by atoms with Crippen molar-refractivity contribution in [2.24, 2.45) is 0 Å². The van der Waals surface area contributed by atoms with Crippen molar-refractivity contribution < 1.29 is 0 Å². The first-order chi connectivity index (χ1) is 14.3. The first-order valence-corrected chi connectivity index (χ1v) is 12.3. The summed E-state index contributed by atoms with van der Waals surface area (Å²) in [6, 6.07) is 3.30. The fraction of sp³-hybridized carbons (Fsp3) is 0.583. The molecule has 1 unspecified atom stereocenters. The minimum atomic E-state index is 0.494. The minimum absolute atomic E-state index is 0.494. The van der Waals surface area contributed by atoms with Gasteiger partial charge in [-0.15, -0.1) is 11.3 Å². The molecule has 0 aromatic carbocycles. The van der Waals surface area contributed by atoms with Gasteiger partial charge in [0.1, 0.15) is 10.8 Å². The van der Waals surface area contributed by atoms with Gasteiger partial charge in [-0.25, -0.2) is 9.97 Å². The van der Waals surface area contributed by atoms with E-state index in [9.17, 15) is 0 Å². The second kappa shape index (κ2) is 9.75. The number of nitrogens with zero attached hydrogens (tertiary/aromatic N) is 2. The van der Waals surface area contributed by atoms with Crippen molar-refractivity contribution in [2.45, 2.75) is 90.1 Å². The molecule has 1 atom stereocenters. The molecule has 2 N–H and O–H groups in total. The van der Waals surface area contributed by atoms with Crippen molar-refractivity contribution in [1.29, 1.82) is 0 Å². The summed E-state index contributed by atoms with van der Waals surface area (Å²) in [5, 5.41) is 8.56. The number of pyridine rings is 1. The van der Waals surface area contributed by atoms with Gasteiger partial charge in [0, 0.05) is 34.9 Å². The summed E-state index contributed by atoms with van der Waals surface area (Å²) < 4.78 is 0. The summed E-state index contributed by atoms with van der Waals surface area (Å²) >= 11 is 1.83. The number of aryl methyl sites for hydroxylation is 1. The van der Waals surface area contributed by atoms with Gasteiger partial charge in [-0.3, -0.25) is 0 Å². The van der Waals surface area contributed by atoms with E-state index in [2.05, 4.69) is 42.7 Å². The lowest BCUT2D eigenvalue weighted by Crippen LogP contribution is -2.27. The fourth-order valence-corrected chi connectivity index (χ4v) is 5.11. The van der Waals surface area contributed by atoms with Crippen LogP contribution in [0.3, 0.4) is 0 Å². The van der Waals surface area contributed by atoms with Crippen molar-refractivity contribution in [3.8, 4) is 10.6 Å². The van der Waals surface area contributed by atoms with Crippen LogP contribution in [0, 0.1) is 0 Å². The highest BCUT2D eigenvalue weighted by Gasteiger charge is 2.20. The number of allylic oxidation sites excluding steroid dienone is 1. The molecular formula is C24H34N4S. The van der Waals surface area contributed by atoms with E-state index in [0.29, 0.717) is 12.1 Å². The zero-order chi connectivity index (χ0) is 20.1. The lowest BCUT2D eigenvalue weighted by molar-refractivity contribution is 0.444. The predicted octanol–water partition coefficient (Wildman–Crippen LogP) is 6.90. The number of fused-ring (bicyclic) bond motifs is 1. The molecule has 0 radical (unpaired) electrons. The highest BCUT2D eigenvalue weighted by atomic mass is 32.1. The van der Waals surface area contributed by atoms with Crippen LogP contribution in [-0.2, 0) is 6.42 Å². The van der Waals surface area contributed by atoms with Crippen LogP contribution in [-0.4, -0.2) is 22.1 Å². The molecule has 4 nitrogen and oxygen atoms in total. The summed E-state index contributed by atoms with van der Waals surface area (Å²) in [4.78, 5) is 11.1. The van der Waals surface area contributed by atoms with E-state index in [0.717, 1.165) is 41.3 Å². The molecule has 2 aliphatic carbocycles. The molecule has 2 aliphatic rings. The number of aromatic nitrogens is 2. The fourth-order valence-electron chi connectivity index (χ4n) is 4.02. The van der Waals surface area contributed by atoms with E-state index in [-0.39, 0.29) is 0 Å². The molecule has 4 rings (SSSR count). The van der Waals surface area contributed by atoms with E-state index in [1.165, 1.54) is 55.5 Å². The van der Waals surface area contributed by atoms with Crippen LogP contribution in [0.15, 0.2) is 18.3 Å². The average molecular weight is 411 g/mol. The monoisotopic (exact) mass is 410 g/mol. The van der Waals surface area contributed by atoms with Crippen molar-refractivity contribution in [3.63, 3.8) is 0 Å². The summed E-state index contributed by atoms with van der Waals surface area (Å²) in [7, 11) is 0. The van der Waals surface area contributed by atoms with Gasteiger partial charge in [0.15, 0.2) is 0 Å². The summed E-state index contributed by atoms with van der Waals surface area (Å²) in [6.07, 6.45) is 18.7. The largest absolute Gasteiger partial charge is 0.382 e. The van der Waals surface area contributed by atoms with Crippen molar-refractivity contribution in [3.05, 3.63) is 28.9 Å². The Bertz CT molecular complexity index is 837. The molecule has 2 aromatic heterocycles. The minimum Gasteiger partial charge on any atom is -0.382 e. The highest BCUT2D eigenvalue weighted by molar-refractivity contribution is 7.15. The molecule has 5 heteroatoms. The van der Waals surface area contributed by atoms with Crippen molar-refractivity contribution in [2.75, 3.05) is 10.6 Å². The van der Waals surface area contributed by atoms with Gasteiger partial charge in [-0.1, -0.05) is 39.2 Å². The zero-order valence-electron chi connectivity index (χ0n) is 17.8. The van der Waals surface area contributed by atoms with Gasteiger partial charge in [0.05, 0.1) is 11.3 Å². The predicted molar refractivity (Wildman–Crippen MR) is 126 cm³/mol. The SMILES string of the molecule is CCCCCC(CC)Nc1cc(NC2CCC2)ncc1-c1nc2c(s1)CCC=C2. The number of unbranched alkanes of at least 4 members (excludes halogenated alkanes) is 2. The maximum absolute atomic E-state index is 4.94. The lowest BCUT2D eigenvalue weighted by atomic mass is 9.93. The van der Waals surface area contributed by atoms with Crippen LogP contribution in [0.5, 0.6) is 0 Å². The number of hydrogen-bond acceptors (Lipinski definition) is 5. The smallest absolute Gasteiger partial charge is 0.128 e. The maximum atomic E-state index is 4.94. The van der Waals surface area contributed by atoms with Crippen LogP contribution in [0.2, 0.25) is 0 Å². The zero-order valence-corrected chi connectivity index (χ0v) is 18.7. The van der Waals surface area contributed by atoms with E-state index >= 15 is 0 Å². The lowest BCUT2D eigenvalue weighted by Gasteiger charge is -2.27. The third-order valence-corrected chi connectivity index (χ3v) is 7.31. The number of nitrogens with one attached hydrogen (secondary N) is 2. The molecule has 0 spiro atoms. The molecular weight excluding hydrogens is 376 g/mol. The molecule has 0 bridgehead atoms. The Balaban J connectivity index is 1.60. The summed E-state index contributed by atoms with van der Waals surface area (Å²) in [5.41, 5.74) is 3.47. The third-order valence-electron chi connectivity index (χ3n) is 6.14. The molecule has 156 valence electrons. The molecule has 0 amide bonds. The number of rotatable bonds is 10. The topological polar surface area (TPSA) is 49.8 Å². The second-order valence-electron chi connectivity index (χ2n) is 8.40. The van der Waals surface area contributed by atoms with E-state index in [4.69, 9.17) is 9.97 Å². The Morgan fingerprint density at radius 3 is 2.86 bits per heavy atom. The van der Waals surface area contributed by atoms with Crippen LogP contribution < -0.4 is 10.6 Å². The number of anilines is 2. The first-order valence-electron chi connectivity index (χ1n) is 11.5. The Labute approximate surface area is 179 Å². The molecule has 0 aliphatic heterocycles. The Hall–Kier alpha value is -1.88. The quantitative estimate of drug-likeness (QED) is 0.418. The van der Waals surface area contributed by atoms with Gasteiger partial charge >= 0.3 is 0 Å². The first kappa shape index (κ1) is 20.4. The average Bonchev–Trinajstić information content (AvgIpc) is 3.14. The number of thiazole rings is 1. The second-order valence-corrected chi connectivity index (χ2v) is 9.48. The Kier molecular flexibility index (Phi) is 6.86. The van der Waals surface area contributed by atoms with Crippen LogP contribution in [0.1, 0.15) is 82.2 Å². The molecule has 0 saturated heterocycles.